The topological polar surface area (TPSA) is 75.3 Å². The van der Waals surface area contributed by atoms with Gasteiger partial charge < -0.3 is 5.32 Å². The largest absolute Gasteiger partial charge is 0.345 e. The Kier molecular flexibility index (Phi) is 7.36. The zero-order valence-electron chi connectivity index (χ0n) is 18.9. The maximum atomic E-state index is 13.0. The summed E-state index contributed by atoms with van der Waals surface area (Å²) in [6.07, 6.45) is 0.823. The summed E-state index contributed by atoms with van der Waals surface area (Å²) in [5, 5.41) is 3.13. The van der Waals surface area contributed by atoms with E-state index in [4.69, 9.17) is 0 Å². The third-order valence-electron chi connectivity index (χ3n) is 5.28. The SMILES string of the molecule is Cc1ccc(S(=O)(=O)Nc2ccc(C(=O)N[C@H](CC(C)C)c3ccccc3)cc2C)cc1. The number of aryl methyl sites for hydroxylation is 2. The Bertz CT molecular complexity index is 1170. The van der Waals surface area contributed by atoms with E-state index in [0.29, 0.717) is 22.7 Å². The third-order valence-corrected chi connectivity index (χ3v) is 6.66. The van der Waals surface area contributed by atoms with Crippen LogP contribution in [0.5, 0.6) is 0 Å². The number of carbonyl (C=O) groups excluding carboxylic acids is 1. The molecule has 0 aromatic heterocycles. The van der Waals surface area contributed by atoms with Crippen molar-refractivity contribution < 1.29 is 13.2 Å². The molecule has 1 atom stereocenters. The molecule has 0 saturated heterocycles. The highest BCUT2D eigenvalue weighted by molar-refractivity contribution is 7.92. The molecule has 3 rings (SSSR count). The fraction of sp³-hybridized carbons (Fsp3) is 0.269. The molecule has 0 radical (unpaired) electrons. The normalized spacial score (nSPS) is 12.4. The molecule has 0 unspecified atom stereocenters. The molecule has 168 valence electrons. The lowest BCUT2D eigenvalue weighted by atomic mass is 9.96. The molecular formula is C26H30N2O3S. The molecule has 0 aliphatic rings. The van der Waals surface area contributed by atoms with Gasteiger partial charge in [0.2, 0.25) is 0 Å². The van der Waals surface area contributed by atoms with Gasteiger partial charge in [0, 0.05) is 5.56 Å². The number of anilines is 1. The molecule has 0 spiro atoms. The van der Waals surface area contributed by atoms with E-state index in [0.717, 1.165) is 17.5 Å². The quantitative estimate of drug-likeness (QED) is 0.468. The van der Waals surface area contributed by atoms with Crippen LogP contribution in [0.1, 0.15) is 53.4 Å². The average molecular weight is 451 g/mol. The number of benzene rings is 3. The van der Waals surface area contributed by atoms with E-state index >= 15 is 0 Å². The zero-order valence-corrected chi connectivity index (χ0v) is 19.7. The van der Waals surface area contributed by atoms with Crippen molar-refractivity contribution in [2.45, 2.75) is 45.1 Å². The fourth-order valence-corrected chi connectivity index (χ4v) is 4.65. The van der Waals surface area contributed by atoms with Gasteiger partial charge in [-0.25, -0.2) is 8.42 Å². The first kappa shape index (κ1) is 23.5. The van der Waals surface area contributed by atoms with E-state index in [9.17, 15) is 13.2 Å². The van der Waals surface area contributed by atoms with E-state index in [1.165, 1.54) is 0 Å². The van der Waals surface area contributed by atoms with Gasteiger partial charge in [0.05, 0.1) is 16.6 Å². The molecule has 0 saturated carbocycles. The van der Waals surface area contributed by atoms with Crippen LogP contribution < -0.4 is 10.0 Å². The van der Waals surface area contributed by atoms with Crippen LogP contribution in [0.4, 0.5) is 5.69 Å². The van der Waals surface area contributed by atoms with Crippen molar-refractivity contribution in [3.63, 3.8) is 0 Å². The van der Waals surface area contributed by atoms with Crippen LogP contribution in [0, 0.1) is 19.8 Å². The fourth-order valence-electron chi connectivity index (χ4n) is 3.52. The van der Waals surface area contributed by atoms with E-state index in [-0.39, 0.29) is 16.8 Å². The van der Waals surface area contributed by atoms with Crippen LogP contribution in [-0.2, 0) is 10.0 Å². The molecule has 6 heteroatoms. The lowest BCUT2D eigenvalue weighted by Crippen LogP contribution is -2.29. The Labute approximate surface area is 190 Å². The second-order valence-corrected chi connectivity index (χ2v) is 10.2. The highest BCUT2D eigenvalue weighted by Gasteiger charge is 2.19. The van der Waals surface area contributed by atoms with Crippen molar-refractivity contribution in [3.05, 3.63) is 95.1 Å². The molecule has 3 aromatic rings. The van der Waals surface area contributed by atoms with Crippen molar-refractivity contribution in [3.8, 4) is 0 Å². The van der Waals surface area contributed by atoms with Crippen molar-refractivity contribution >= 4 is 21.6 Å². The van der Waals surface area contributed by atoms with Crippen LogP contribution in [0.3, 0.4) is 0 Å². The van der Waals surface area contributed by atoms with E-state index in [1.54, 1.807) is 49.4 Å². The minimum Gasteiger partial charge on any atom is -0.345 e. The van der Waals surface area contributed by atoms with Crippen LogP contribution >= 0.6 is 0 Å². The number of carbonyl (C=O) groups is 1. The summed E-state index contributed by atoms with van der Waals surface area (Å²) >= 11 is 0. The first-order valence-corrected chi connectivity index (χ1v) is 12.2. The minimum absolute atomic E-state index is 0.0938. The monoisotopic (exact) mass is 450 g/mol. The van der Waals surface area contributed by atoms with Crippen LogP contribution in [0.15, 0.2) is 77.7 Å². The number of rotatable bonds is 8. The van der Waals surface area contributed by atoms with Crippen LogP contribution in [0.2, 0.25) is 0 Å². The Hall–Kier alpha value is -3.12. The predicted molar refractivity (Wildman–Crippen MR) is 129 cm³/mol. The first-order chi connectivity index (χ1) is 15.2. The van der Waals surface area contributed by atoms with Gasteiger partial charge >= 0.3 is 0 Å². The second-order valence-electron chi connectivity index (χ2n) is 8.51. The van der Waals surface area contributed by atoms with Gasteiger partial charge in [0.25, 0.3) is 15.9 Å². The van der Waals surface area contributed by atoms with Gasteiger partial charge in [-0.15, -0.1) is 0 Å². The Morgan fingerprint density at radius 2 is 1.56 bits per heavy atom. The van der Waals surface area contributed by atoms with E-state index in [1.807, 2.05) is 37.3 Å². The summed E-state index contributed by atoms with van der Waals surface area (Å²) in [4.78, 5) is 13.2. The number of amides is 1. The molecule has 32 heavy (non-hydrogen) atoms. The average Bonchev–Trinajstić information content (AvgIpc) is 2.75. The minimum atomic E-state index is -3.70. The second kappa shape index (κ2) is 10.0. The van der Waals surface area contributed by atoms with Crippen molar-refractivity contribution in [2.24, 2.45) is 5.92 Å². The molecule has 2 N–H and O–H groups in total. The van der Waals surface area contributed by atoms with Crippen molar-refractivity contribution in [1.29, 1.82) is 0 Å². The highest BCUT2D eigenvalue weighted by atomic mass is 32.2. The maximum absolute atomic E-state index is 13.0. The number of hydrogen-bond donors (Lipinski definition) is 2. The van der Waals surface area contributed by atoms with Crippen LogP contribution in [-0.4, -0.2) is 14.3 Å². The summed E-state index contributed by atoms with van der Waals surface area (Å²) in [5.74, 6) is 0.233. The Morgan fingerprint density at radius 1 is 0.906 bits per heavy atom. The number of sulfonamides is 1. The molecule has 3 aromatic carbocycles. The Balaban J connectivity index is 1.77. The molecular weight excluding hydrogens is 420 g/mol. The van der Waals surface area contributed by atoms with Gasteiger partial charge in [-0.1, -0.05) is 61.9 Å². The highest BCUT2D eigenvalue weighted by Crippen LogP contribution is 2.24. The van der Waals surface area contributed by atoms with Gasteiger partial charge in [-0.05, 0) is 67.6 Å². The van der Waals surface area contributed by atoms with E-state index < -0.39 is 10.0 Å². The molecule has 5 nitrogen and oxygen atoms in total. The lowest BCUT2D eigenvalue weighted by Gasteiger charge is -2.21. The summed E-state index contributed by atoms with van der Waals surface area (Å²) in [7, 11) is -3.70. The van der Waals surface area contributed by atoms with Crippen molar-refractivity contribution in [1.82, 2.24) is 5.32 Å². The summed E-state index contributed by atoms with van der Waals surface area (Å²) in [6, 6.07) is 21.5. The van der Waals surface area contributed by atoms with Gasteiger partial charge in [0.1, 0.15) is 0 Å². The van der Waals surface area contributed by atoms with Gasteiger partial charge in [-0.3, -0.25) is 9.52 Å². The molecule has 0 heterocycles. The first-order valence-electron chi connectivity index (χ1n) is 10.7. The summed E-state index contributed by atoms with van der Waals surface area (Å²) < 4.78 is 28.0. The molecule has 0 aliphatic heterocycles. The standard InChI is InChI=1S/C26H30N2O3S/c1-18(2)16-25(21-8-6-5-7-9-21)27-26(29)22-12-15-24(20(4)17-22)28-32(30,31)23-13-10-19(3)11-14-23/h5-15,17-18,25,28H,16H2,1-4H3,(H,27,29)/t25-/m1/s1. The summed E-state index contributed by atoms with van der Waals surface area (Å²) in [6.45, 7) is 7.94. The smallest absolute Gasteiger partial charge is 0.261 e. The zero-order chi connectivity index (χ0) is 23.3. The van der Waals surface area contributed by atoms with Crippen molar-refractivity contribution in [2.75, 3.05) is 4.72 Å². The lowest BCUT2D eigenvalue weighted by molar-refractivity contribution is 0.0932. The predicted octanol–water partition coefficient (Wildman–Crippen LogP) is 5.62. The number of hydrogen-bond acceptors (Lipinski definition) is 3. The molecule has 0 bridgehead atoms. The van der Waals surface area contributed by atoms with Gasteiger partial charge in [-0.2, -0.15) is 0 Å². The molecule has 0 aliphatic carbocycles. The van der Waals surface area contributed by atoms with Crippen LogP contribution in [0.25, 0.3) is 0 Å². The van der Waals surface area contributed by atoms with E-state index in [2.05, 4.69) is 23.9 Å². The third kappa shape index (κ3) is 5.98. The summed E-state index contributed by atoms with van der Waals surface area (Å²) in [5.41, 5.74) is 3.67. The Morgan fingerprint density at radius 3 is 2.16 bits per heavy atom. The molecule has 1 amide bonds. The maximum Gasteiger partial charge on any atom is 0.261 e. The number of nitrogens with one attached hydrogen (secondary N) is 2. The molecule has 0 fully saturated rings. The van der Waals surface area contributed by atoms with Gasteiger partial charge in [0.15, 0.2) is 0 Å².